The molecule has 1 aromatic heterocycles. The van der Waals surface area contributed by atoms with E-state index >= 15 is 0 Å². The van der Waals surface area contributed by atoms with Crippen molar-refractivity contribution in [1.29, 1.82) is 0 Å². The van der Waals surface area contributed by atoms with Crippen molar-refractivity contribution >= 4 is 45.7 Å². The van der Waals surface area contributed by atoms with Gasteiger partial charge in [-0.25, -0.2) is 9.37 Å². The highest BCUT2D eigenvalue weighted by molar-refractivity contribution is 6.38. The van der Waals surface area contributed by atoms with Gasteiger partial charge in [-0.15, -0.1) is 0 Å². The summed E-state index contributed by atoms with van der Waals surface area (Å²) >= 11 is 11.9. The Balaban J connectivity index is 1.89. The van der Waals surface area contributed by atoms with Crippen LogP contribution in [0.25, 0.3) is 10.9 Å². The summed E-state index contributed by atoms with van der Waals surface area (Å²) < 4.78 is 14.2. The van der Waals surface area contributed by atoms with Crippen LogP contribution in [-0.4, -0.2) is 15.5 Å². The van der Waals surface area contributed by atoms with Crippen LogP contribution in [-0.2, 0) is 11.3 Å². The van der Waals surface area contributed by atoms with Gasteiger partial charge in [0.25, 0.3) is 5.56 Å². The van der Waals surface area contributed by atoms with Crippen LogP contribution in [0, 0.1) is 5.82 Å². The third kappa shape index (κ3) is 3.39. The largest absolute Gasteiger partial charge is 0.324 e. The lowest BCUT2D eigenvalue weighted by molar-refractivity contribution is -0.116. The first kappa shape index (κ1) is 16.4. The van der Waals surface area contributed by atoms with Crippen LogP contribution in [0.1, 0.15) is 0 Å². The first-order chi connectivity index (χ1) is 11.4. The molecule has 0 spiro atoms. The Morgan fingerprint density at radius 2 is 2.04 bits per heavy atom. The topological polar surface area (TPSA) is 64.0 Å². The van der Waals surface area contributed by atoms with E-state index in [1.165, 1.54) is 36.7 Å². The molecule has 0 radical (unpaired) electrons. The molecule has 5 nitrogen and oxygen atoms in total. The highest BCUT2D eigenvalue weighted by Gasteiger charge is 2.11. The van der Waals surface area contributed by atoms with Crippen LogP contribution in [0.4, 0.5) is 10.1 Å². The van der Waals surface area contributed by atoms with Crippen molar-refractivity contribution in [3.63, 3.8) is 0 Å². The van der Waals surface area contributed by atoms with Crippen LogP contribution in [0.2, 0.25) is 10.0 Å². The first-order valence-electron chi connectivity index (χ1n) is 6.83. The maximum absolute atomic E-state index is 13.1. The zero-order chi connectivity index (χ0) is 17.3. The Bertz CT molecular complexity index is 1000. The third-order valence-corrected chi connectivity index (χ3v) is 3.77. The predicted molar refractivity (Wildman–Crippen MR) is 91.1 cm³/mol. The molecule has 0 unspecified atom stereocenters. The Morgan fingerprint density at radius 3 is 2.79 bits per heavy atom. The number of carbonyl (C=O) groups is 1. The van der Waals surface area contributed by atoms with Crippen molar-refractivity contribution in [2.75, 3.05) is 5.32 Å². The molecule has 122 valence electrons. The van der Waals surface area contributed by atoms with Gasteiger partial charge in [0.15, 0.2) is 0 Å². The quantitative estimate of drug-likeness (QED) is 0.772. The molecule has 0 aliphatic heterocycles. The van der Waals surface area contributed by atoms with Crippen molar-refractivity contribution in [2.24, 2.45) is 0 Å². The SMILES string of the molecule is O=C(Cn1cnc2c(Cl)cc(Cl)cc2c1=O)Nc1cccc(F)c1. The highest BCUT2D eigenvalue weighted by atomic mass is 35.5. The number of halogens is 3. The second-order valence-electron chi connectivity index (χ2n) is 5.02. The van der Waals surface area contributed by atoms with E-state index in [1.54, 1.807) is 6.07 Å². The second kappa shape index (κ2) is 6.59. The number of rotatable bonds is 3. The van der Waals surface area contributed by atoms with E-state index in [0.29, 0.717) is 16.2 Å². The molecule has 0 aliphatic rings. The molecule has 0 bridgehead atoms. The zero-order valence-electron chi connectivity index (χ0n) is 12.1. The van der Waals surface area contributed by atoms with Gasteiger partial charge in [0.05, 0.1) is 22.3 Å². The van der Waals surface area contributed by atoms with Gasteiger partial charge < -0.3 is 5.32 Å². The Hall–Kier alpha value is -2.44. The summed E-state index contributed by atoms with van der Waals surface area (Å²) in [5.74, 6) is -0.960. The predicted octanol–water partition coefficient (Wildman–Crippen LogP) is 3.48. The van der Waals surface area contributed by atoms with E-state index in [1.807, 2.05) is 0 Å². The average Bonchev–Trinajstić information content (AvgIpc) is 2.50. The summed E-state index contributed by atoms with van der Waals surface area (Å²) in [6.07, 6.45) is 1.23. The molecule has 24 heavy (non-hydrogen) atoms. The molecule has 0 fully saturated rings. The van der Waals surface area contributed by atoms with Crippen LogP contribution in [0.5, 0.6) is 0 Å². The smallest absolute Gasteiger partial charge is 0.261 e. The molecular formula is C16H10Cl2FN3O2. The van der Waals surface area contributed by atoms with E-state index in [-0.39, 0.29) is 17.0 Å². The maximum atomic E-state index is 13.1. The summed E-state index contributed by atoms with van der Waals surface area (Å²) in [5.41, 5.74) is 0.166. The third-order valence-electron chi connectivity index (χ3n) is 3.27. The van der Waals surface area contributed by atoms with Gasteiger partial charge in [-0.3, -0.25) is 14.2 Å². The fraction of sp³-hybridized carbons (Fsp3) is 0.0625. The Labute approximate surface area is 145 Å². The van der Waals surface area contributed by atoms with Crippen LogP contribution in [0.15, 0.2) is 47.5 Å². The summed E-state index contributed by atoms with van der Waals surface area (Å²) in [7, 11) is 0. The molecule has 0 saturated carbocycles. The number of hydrogen-bond donors (Lipinski definition) is 1. The van der Waals surface area contributed by atoms with Gasteiger partial charge in [0.1, 0.15) is 12.4 Å². The molecule has 0 aliphatic carbocycles. The molecule has 1 amide bonds. The normalized spacial score (nSPS) is 10.8. The minimum Gasteiger partial charge on any atom is -0.324 e. The molecule has 2 aromatic carbocycles. The minimum absolute atomic E-state index is 0.216. The molecule has 3 rings (SSSR count). The maximum Gasteiger partial charge on any atom is 0.261 e. The number of hydrogen-bond acceptors (Lipinski definition) is 3. The van der Waals surface area contributed by atoms with Crippen molar-refractivity contribution in [3.05, 3.63) is 68.9 Å². The molecule has 1 N–H and O–H groups in total. The van der Waals surface area contributed by atoms with Crippen molar-refractivity contribution < 1.29 is 9.18 Å². The monoisotopic (exact) mass is 365 g/mol. The molecule has 0 atom stereocenters. The standard InChI is InChI=1S/C16H10Cl2FN3O2/c17-9-4-12-15(13(18)5-9)20-8-22(16(12)24)7-14(23)21-11-3-1-2-10(19)6-11/h1-6,8H,7H2,(H,21,23). The number of amides is 1. The van der Waals surface area contributed by atoms with E-state index < -0.39 is 17.3 Å². The fourth-order valence-corrected chi connectivity index (χ4v) is 2.77. The highest BCUT2D eigenvalue weighted by Crippen LogP contribution is 2.23. The lowest BCUT2D eigenvalue weighted by Gasteiger charge is -2.09. The van der Waals surface area contributed by atoms with Gasteiger partial charge in [-0.2, -0.15) is 0 Å². The van der Waals surface area contributed by atoms with Crippen molar-refractivity contribution in [2.45, 2.75) is 6.54 Å². The number of aromatic nitrogens is 2. The molecule has 0 saturated heterocycles. The number of fused-ring (bicyclic) bond motifs is 1. The molecule has 8 heteroatoms. The second-order valence-corrected chi connectivity index (χ2v) is 5.86. The zero-order valence-corrected chi connectivity index (χ0v) is 13.6. The van der Waals surface area contributed by atoms with E-state index in [9.17, 15) is 14.0 Å². The van der Waals surface area contributed by atoms with E-state index in [4.69, 9.17) is 23.2 Å². The molecule has 1 heterocycles. The number of nitrogens with one attached hydrogen (secondary N) is 1. The van der Waals surface area contributed by atoms with Gasteiger partial charge in [-0.1, -0.05) is 29.3 Å². The van der Waals surface area contributed by atoms with Gasteiger partial charge >= 0.3 is 0 Å². The summed E-state index contributed by atoms with van der Waals surface area (Å²) in [4.78, 5) is 28.6. The number of nitrogens with zero attached hydrogens (tertiary/aromatic N) is 2. The summed E-state index contributed by atoms with van der Waals surface area (Å²) in [6.45, 7) is -0.275. The lowest BCUT2D eigenvalue weighted by atomic mass is 10.2. The van der Waals surface area contributed by atoms with Gasteiger partial charge in [0.2, 0.25) is 5.91 Å². The minimum atomic E-state index is -0.489. The van der Waals surface area contributed by atoms with Crippen LogP contribution in [0.3, 0.4) is 0 Å². The molecular weight excluding hydrogens is 356 g/mol. The lowest BCUT2D eigenvalue weighted by Crippen LogP contribution is -2.28. The van der Waals surface area contributed by atoms with Gasteiger partial charge in [-0.05, 0) is 30.3 Å². The van der Waals surface area contributed by atoms with Crippen molar-refractivity contribution in [3.8, 4) is 0 Å². The van der Waals surface area contributed by atoms with E-state index in [0.717, 1.165) is 4.57 Å². The fourth-order valence-electron chi connectivity index (χ4n) is 2.23. The summed E-state index contributed by atoms with van der Waals surface area (Å²) in [5, 5.41) is 3.28. The van der Waals surface area contributed by atoms with Gasteiger partial charge in [0, 0.05) is 10.7 Å². The average molecular weight is 366 g/mol. The number of benzene rings is 2. The van der Waals surface area contributed by atoms with Crippen LogP contribution < -0.4 is 10.9 Å². The van der Waals surface area contributed by atoms with E-state index in [2.05, 4.69) is 10.3 Å². The first-order valence-corrected chi connectivity index (χ1v) is 7.59. The van der Waals surface area contributed by atoms with Crippen LogP contribution >= 0.6 is 23.2 Å². The van der Waals surface area contributed by atoms with Crippen molar-refractivity contribution in [1.82, 2.24) is 9.55 Å². The Morgan fingerprint density at radius 1 is 1.25 bits per heavy atom. The Kier molecular flexibility index (Phi) is 4.51. The summed E-state index contributed by atoms with van der Waals surface area (Å²) in [6, 6.07) is 8.39. The molecule has 3 aromatic rings. The number of anilines is 1. The number of carbonyl (C=O) groups excluding carboxylic acids is 1.